The van der Waals surface area contributed by atoms with Crippen LogP contribution in [-0.4, -0.2) is 39.1 Å². The van der Waals surface area contributed by atoms with Crippen LogP contribution < -0.4 is 0 Å². The van der Waals surface area contributed by atoms with E-state index < -0.39 is 27.9 Å². The number of hydrogen-bond acceptors (Lipinski definition) is 5. The van der Waals surface area contributed by atoms with Crippen LogP contribution in [0, 0.1) is 0 Å². The normalized spacial score (nSPS) is 24.5. The van der Waals surface area contributed by atoms with Gasteiger partial charge in [0.25, 0.3) is 10.1 Å². The largest absolute Gasteiger partial charge is 0.369 e. The van der Waals surface area contributed by atoms with Gasteiger partial charge in [-0.3, -0.25) is 4.18 Å². The van der Waals surface area contributed by atoms with Crippen molar-refractivity contribution in [3.63, 3.8) is 0 Å². The summed E-state index contributed by atoms with van der Waals surface area (Å²) in [6, 6.07) is 9.78. The highest BCUT2D eigenvalue weighted by molar-refractivity contribution is 7.86. The van der Waals surface area contributed by atoms with Crippen LogP contribution in [-0.2, 0) is 30.4 Å². The highest BCUT2D eigenvalue weighted by atomic mass is 32.2. The lowest BCUT2D eigenvalue weighted by Crippen LogP contribution is -2.45. The Kier molecular flexibility index (Phi) is 5.60. The summed E-state index contributed by atoms with van der Waals surface area (Å²) in [7, 11) is -3.55. The van der Waals surface area contributed by atoms with E-state index in [1.807, 2.05) is 44.2 Å². The molecule has 2 atom stereocenters. The van der Waals surface area contributed by atoms with Gasteiger partial charge in [0, 0.05) is 0 Å². The van der Waals surface area contributed by atoms with E-state index in [0.717, 1.165) is 24.7 Å². The second kappa shape index (κ2) is 7.08. The second-order valence-electron chi connectivity index (χ2n) is 5.64. The minimum Gasteiger partial charge on any atom is -0.369 e. The Hall–Kier alpha value is -0.950. The molecule has 1 aliphatic rings. The van der Waals surface area contributed by atoms with Crippen LogP contribution in [0.15, 0.2) is 30.3 Å². The lowest BCUT2D eigenvalue weighted by atomic mass is 9.90. The molecular weight excluding hydrogens is 304 g/mol. The molecule has 0 N–H and O–H groups in total. The zero-order chi connectivity index (χ0) is 16.2. The molecule has 0 aromatic heterocycles. The van der Waals surface area contributed by atoms with Gasteiger partial charge >= 0.3 is 0 Å². The first-order chi connectivity index (χ1) is 10.4. The zero-order valence-electron chi connectivity index (χ0n) is 13.3. The fraction of sp³-hybridized carbons (Fsp3) is 0.625. The van der Waals surface area contributed by atoms with E-state index >= 15 is 0 Å². The van der Waals surface area contributed by atoms with Gasteiger partial charge in [-0.15, -0.1) is 0 Å². The fourth-order valence-corrected chi connectivity index (χ4v) is 3.54. The van der Waals surface area contributed by atoms with Gasteiger partial charge in [0.1, 0.15) is 12.2 Å². The van der Waals surface area contributed by atoms with Crippen molar-refractivity contribution in [1.82, 2.24) is 0 Å². The molecule has 1 fully saturated rings. The lowest BCUT2D eigenvalue weighted by Gasteiger charge is -2.33. The summed E-state index contributed by atoms with van der Waals surface area (Å²) in [6.07, 6.45) is 1.54. The molecular formula is C16H24O5S. The molecule has 0 radical (unpaired) electrons. The molecule has 1 unspecified atom stereocenters. The van der Waals surface area contributed by atoms with Gasteiger partial charge < -0.3 is 9.47 Å². The summed E-state index contributed by atoms with van der Waals surface area (Å²) in [5.74, 6) is 0. The predicted octanol–water partition coefficient (Wildman–Crippen LogP) is 2.51. The van der Waals surface area contributed by atoms with E-state index in [9.17, 15) is 8.42 Å². The predicted molar refractivity (Wildman–Crippen MR) is 84.0 cm³/mol. The van der Waals surface area contributed by atoms with Crippen molar-refractivity contribution in [3.05, 3.63) is 35.9 Å². The third-order valence-electron chi connectivity index (χ3n) is 4.16. The van der Waals surface area contributed by atoms with Gasteiger partial charge in [-0.25, -0.2) is 0 Å². The Balaban J connectivity index is 2.15. The van der Waals surface area contributed by atoms with Gasteiger partial charge in [0.2, 0.25) is 0 Å². The third kappa shape index (κ3) is 4.07. The molecule has 1 heterocycles. The monoisotopic (exact) mass is 328 g/mol. The van der Waals surface area contributed by atoms with Gasteiger partial charge in [0.15, 0.2) is 0 Å². The summed E-state index contributed by atoms with van der Waals surface area (Å²) >= 11 is 0. The topological polar surface area (TPSA) is 61.8 Å². The van der Waals surface area contributed by atoms with Crippen LogP contribution in [0.4, 0.5) is 0 Å². The molecule has 1 aromatic rings. The Morgan fingerprint density at radius 2 is 1.86 bits per heavy atom. The van der Waals surface area contributed by atoms with E-state index in [2.05, 4.69) is 0 Å². The molecule has 22 heavy (non-hydrogen) atoms. The fourth-order valence-electron chi connectivity index (χ4n) is 2.94. The average molecular weight is 328 g/mol. The molecule has 1 aromatic carbocycles. The van der Waals surface area contributed by atoms with Crippen LogP contribution in [0.1, 0.15) is 32.3 Å². The number of hydrogen-bond donors (Lipinski definition) is 0. The van der Waals surface area contributed by atoms with Crippen LogP contribution >= 0.6 is 0 Å². The summed E-state index contributed by atoms with van der Waals surface area (Å²) < 4.78 is 40.0. The lowest BCUT2D eigenvalue weighted by molar-refractivity contribution is -0.105. The average Bonchev–Trinajstić information content (AvgIpc) is 2.82. The highest BCUT2D eigenvalue weighted by Gasteiger charge is 2.50. The van der Waals surface area contributed by atoms with Gasteiger partial charge in [-0.1, -0.05) is 44.2 Å². The maximum Gasteiger partial charge on any atom is 0.264 e. The van der Waals surface area contributed by atoms with Crippen molar-refractivity contribution >= 4 is 10.1 Å². The molecule has 0 saturated carbocycles. The molecule has 6 heteroatoms. The molecule has 2 rings (SSSR count). The van der Waals surface area contributed by atoms with E-state index in [4.69, 9.17) is 13.7 Å². The summed E-state index contributed by atoms with van der Waals surface area (Å²) in [5, 5.41) is 0. The quantitative estimate of drug-likeness (QED) is 0.720. The first-order valence-electron chi connectivity index (χ1n) is 7.58. The minimum atomic E-state index is -3.55. The molecule has 124 valence electrons. The molecule has 0 spiro atoms. The first kappa shape index (κ1) is 17.4. The zero-order valence-corrected chi connectivity index (χ0v) is 14.1. The highest BCUT2D eigenvalue weighted by Crippen LogP contribution is 2.37. The smallest absolute Gasteiger partial charge is 0.264 e. The van der Waals surface area contributed by atoms with Crippen LogP contribution in [0.3, 0.4) is 0 Å². The van der Waals surface area contributed by atoms with Crippen molar-refractivity contribution in [2.24, 2.45) is 0 Å². The van der Waals surface area contributed by atoms with Gasteiger partial charge in [0.05, 0.1) is 25.1 Å². The summed E-state index contributed by atoms with van der Waals surface area (Å²) in [6.45, 7) is 4.67. The van der Waals surface area contributed by atoms with Crippen molar-refractivity contribution in [2.45, 2.75) is 51.1 Å². The molecule has 0 amide bonds. The molecule has 0 bridgehead atoms. The second-order valence-corrected chi connectivity index (χ2v) is 7.24. The summed E-state index contributed by atoms with van der Waals surface area (Å²) in [4.78, 5) is 0. The van der Waals surface area contributed by atoms with Crippen molar-refractivity contribution in [3.8, 4) is 0 Å². The Morgan fingerprint density at radius 1 is 1.23 bits per heavy atom. The van der Waals surface area contributed by atoms with Crippen molar-refractivity contribution in [1.29, 1.82) is 0 Å². The summed E-state index contributed by atoms with van der Waals surface area (Å²) in [5.41, 5.74) is 0.540. The van der Waals surface area contributed by atoms with Crippen LogP contribution in [0.2, 0.25) is 0 Å². The van der Waals surface area contributed by atoms with Crippen molar-refractivity contribution in [2.75, 3.05) is 12.9 Å². The maximum absolute atomic E-state index is 11.5. The van der Waals surface area contributed by atoms with Gasteiger partial charge in [-0.05, 0) is 18.4 Å². The van der Waals surface area contributed by atoms with Crippen LogP contribution in [0.25, 0.3) is 0 Å². The molecule has 0 aliphatic carbocycles. The Labute approximate surface area is 132 Å². The van der Waals surface area contributed by atoms with E-state index in [1.165, 1.54) is 0 Å². The molecule has 5 nitrogen and oxygen atoms in total. The number of benzene rings is 1. The van der Waals surface area contributed by atoms with E-state index in [-0.39, 0.29) is 6.61 Å². The number of rotatable bonds is 7. The number of ether oxygens (including phenoxy) is 2. The Morgan fingerprint density at radius 3 is 2.41 bits per heavy atom. The van der Waals surface area contributed by atoms with E-state index in [1.54, 1.807) is 0 Å². The first-order valence-corrected chi connectivity index (χ1v) is 9.39. The SMILES string of the molecule is CCC1(CC)OC[C@@H](OS(C)(=O)=O)C1OCc1ccccc1. The Bertz CT molecular complexity index is 565. The van der Waals surface area contributed by atoms with E-state index in [0.29, 0.717) is 6.61 Å². The molecule has 1 saturated heterocycles. The molecule has 1 aliphatic heterocycles. The standard InChI is InChI=1S/C16H24O5S/c1-4-16(5-2)15(14(12-20-16)21-22(3,17)18)19-11-13-9-7-6-8-10-13/h6-10,14-15H,4-5,11-12H2,1-3H3/t14-,15?/m1/s1. The van der Waals surface area contributed by atoms with Crippen molar-refractivity contribution < 1.29 is 22.1 Å². The van der Waals surface area contributed by atoms with Gasteiger partial charge in [-0.2, -0.15) is 8.42 Å². The third-order valence-corrected chi connectivity index (χ3v) is 4.76. The maximum atomic E-state index is 11.5. The minimum absolute atomic E-state index is 0.230. The van der Waals surface area contributed by atoms with Crippen LogP contribution in [0.5, 0.6) is 0 Å².